The van der Waals surface area contributed by atoms with E-state index in [0.717, 1.165) is 44.9 Å². The number of aromatic nitrogens is 3. The highest BCUT2D eigenvalue weighted by Crippen LogP contribution is 2.38. The van der Waals surface area contributed by atoms with Gasteiger partial charge in [-0.2, -0.15) is 0 Å². The zero-order valence-electron chi connectivity index (χ0n) is 21.3. The van der Waals surface area contributed by atoms with Crippen LogP contribution in [0.25, 0.3) is 16.8 Å². The van der Waals surface area contributed by atoms with Gasteiger partial charge < -0.3 is 4.74 Å². The van der Waals surface area contributed by atoms with Crippen LogP contribution < -0.4 is 4.74 Å². The Morgan fingerprint density at radius 3 is 2.54 bits per heavy atom. The molecule has 5 rings (SSSR count). The minimum Gasteiger partial charge on any atom is -0.487 e. The number of nitrogens with zero attached hydrogens (tertiary/aromatic N) is 3. The highest BCUT2D eigenvalue weighted by atomic mass is 32.2. The highest BCUT2D eigenvalue weighted by Gasteiger charge is 2.25. The maximum absolute atomic E-state index is 11.8. The van der Waals surface area contributed by atoms with Crippen molar-refractivity contribution in [2.24, 2.45) is 5.92 Å². The van der Waals surface area contributed by atoms with Gasteiger partial charge in [0.2, 0.25) is 0 Å². The van der Waals surface area contributed by atoms with Crippen LogP contribution in [0.5, 0.6) is 5.75 Å². The molecule has 2 unspecified atom stereocenters. The average Bonchev–Trinajstić information content (AvgIpc) is 3.48. The Kier molecular flexibility index (Phi) is 7.40. The van der Waals surface area contributed by atoms with Crippen LogP contribution >= 0.6 is 11.8 Å². The molecule has 192 valence electrons. The zero-order valence-corrected chi connectivity index (χ0v) is 22.9. The minimum absolute atomic E-state index is 0.319. The van der Waals surface area contributed by atoms with Gasteiger partial charge in [-0.1, -0.05) is 36.9 Å². The maximum atomic E-state index is 11.8. The number of benzene rings is 2. The molecule has 0 aliphatic heterocycles. The van der Waals surface area contributed by atoms with E-state index in [0.29, 0.717) is 16.8 Å². The molecule has 2 atom stereocenters. The van der Waals surface area contributed by atoms with Crippen molar-refractivity contribution in [2.45, 2.75) is 55.0 Å². The molecule has 37 heavy (non-hydrogen) atoms. The van der Waals surface area contributed by atoms with Crippen LogP contribution in [0.3, 0.4) is 0 Å². The summed E-state index contributed by atoms with van der Waals surface area (Å²) in [5.41, 5.74) is 5.01. The lowest BCUT2D eigenvalue weighted by Crippen LogP contribution is -2.07. The van der Waals surface area contributed by atoms with Crippen LogP contribution in [-0.2, 0) is 16.4 Å². The number of hydrogen-bond donors (Lipinski definition) is 0. The molecule has 1 aliphatic carbocycles. The Morgan fingerprint density at radius 2 is 1.89 bits per heavy atom. The standard InChI is InChI=1S/C29H31N3O3S2/c1-20-6-10-26(15-20)36-29-31-18-24(32(29)23-5-4-14-30-17-23)19-35-25-9-13-28(21(2)16-25)22-7-11-27(12-8-22)37(3,33)34/h4-5,7-9,11-14,16-18,20,26H,6,10,15,19H2,1-3H3. The van der Waals surface area contributed by atoms with Gasteiger partial charge in [-0.25, -0.2) is 13.4 Å². The molecule has 8 heteroatoms. The van der Waals surface area contributed by atoms with Crippen LogP contribution in [0.2, 0.25) is 0 Å². The third-order valence-electron chi connectivity index (χ3n) is 6.80. The van der Waals surface area contributed by atoms with Gasteiger partial charge in [0.25, 0.3) is 0 Å². The molecular weight excluding hydrogens is 502 g/mol. The van der Waals surface area contributed by atoms with E-state index in [9.17, 15) is 8.42 Å². The van der Waals surface area contributed by atoms with Crippen molar-refractivity contribution in [2.75, 3.05) is 6.26 Å². The van der Waals surface area contributed by atoms with Crippen molar-refractivity contribution < 1.29 is 13.2 Å². The molecule has 1 saturated carbocycles. The smallest absolute Gasteiger partial charge is 0.175 e. The minimum atomic E-state index is -3.22. The molecule has 0 amide bonds. The second kappa shape index (κ2) is 10.7. The number of imidazole rings is 1. The number of ether oxygens (including phenoxy) is 1. The van der Waals surface area contributed by atoms with E-state index in [4.69, 9.17) is 9.72 Å². The van der Waals surface area contributed by atoms with Gasteiger partial charge in [0.1, 0.15) is 12.4 Å². The second-order valence-corrected chi connectivity index (χ2v) is 13.1. The number of aryl methyl sites for hydroxylation is 1. The molecule has 2 aromatic heterocycles. The van der Waals surface area contributed by atoms with Gasteiger partial charge in [0.05, 0.1) is 28.7 Å². The lowest BCUT2D eigenvalue weighted by atomic mass is 10.0. The Labute approximate surface area is 223 Å². The van der Waals surface area contributed by atoms with Crippen molar-refractivity contribution in [3.8, 4) is 22.6 Å². The normalized spacial score (nSPS) is 17.7. The first-order chi connectivity index (χ1) is 17.8. The van der Waals surface area contributed by atoms with Gasteiger partial charge in [-0.15, -0.1) is 0 Å². The van der Waals surface area contributed by atoms with Crippen molar-refractivity contribution in [3.05, 3.63) is 84.4 Å². The maximum Gasteiger partial charge on any atom is 0.175 e. The Bertz CT molecular complexity index is 1480. The van der Waals surface area contributed by atoms with Crippen molar-refractivity contribution >= 4 is 21.6 Å². The largest absolute Gasteiger partial charge is 0.487 e. The fraction of sp³-hybridized carbons (Fsp3) is 0.310. The first-order valence-electron chi connectivity index (χ1n) is 12.5. The fourth-order valence-electron chi connectivity index (χ4n) is 4.82. The van der Waals surface area contributed by atoms with E-state index in [1.165, 1.54) is 25.5 Å². The van der Waals surface area contributed by atoms with E-state index < -0.39 is 9.84 Å². The molecule has 0 spiro atoms. The van der Waals surface area contributed by atoms with E-state index in [2.05, 4.69) is 16.5 Å². The third-order valence-corrected chi connectivity index (χ3v) is 9.19. The molecular formula is C29H31N3O3S2. The molecule has 4 aromatic rings. The van der Waals surface area contributed by atoms with Crippen LogP contribution in [-0.4, -0.2) is 34.5 Å². The molecule has 2 aromatic carbocycles. The van der Waals surface area contributed by atoms with Gasteiger partial charge in [0.15, 0.2) is 15.0 Å². The average molecular weight is 534 g/mol. The van der Waals surface area contributed by atoms with Crippen LogP contribution in [0.4, 0.5) is 0 Å². The summed E-state index contributed by atoms with van der Waals surface area (Å²) in [6, 6.07) is 17.0. The molecule has 0 N–H and O–H groups in total. The van der Waals surface area contributed by atoms with Gasteiger partial charge in [0, 0.05) is 17.7 Å². The first kappa shape index (κ1) is 25.5. The number of hydrogen-bond acceptors (Lipinski definition) is 6. The van der Waals surface area contributed by atoms with Crippen molar-refractivity contribution in [3.63, 3.8) is 0 Å². The summed E-state index contributed by atoms with van der Waals surface area (Å²) >= 11 is 1.85. The van der Waals surface area contributed by atoms with Gasteiger partial charge in [-0.3, -0.25) is 9.55 Å². The summed E-state index contributed by atoms with van der Waals surface area (Å²) in [6.07, 6.45) is 10.5. The Balaban J connectivity index is 1.34. The zero-order chi connectivity index (χ0) is 26.0. The first-order valence-corrected chi connectivity index (χ1v) is 15.2. The quantitative estimate of drug-likeness (QED) is 0.257. The monoisotopic (exact) mass is 533 g/mol. The van der Waals surface area contributed by atoms with E-state index in [1.54, 1.807) is 18.3 Å². The summed E-state index contributed by atoms with van der Waals surface area (Å²) < 4.78 is 31.9. The molecule has 1 fully saturated rings. The predicted octanol–water partition coefficient (Wildman–Crippen LogP) is 6.51. The van der Waals surface area contributed by atoms with E-state index in [-0.39, 0.29) is 0 Å². The summed E-state index contributed by atoms with van der Waals surface area (Å²) in [7, 11) is -3.22. The van der Waals surface area contributed by atoms with Crippen molar-refractivity contribution in [1.82, 2.24) is 14.5 Å². The molecule has 6 nitrogen and oxygen atoms in total. The number of rotatable bonds is 8. The SMILES string of the molecule is Cc1cc(OCc2cnc(SC3CCC(C)C3)n2-c2cccnc2)ccc1-c1ccc(S(C)(=O)=O)cc1. The number of thioether (sulfide) groups is 1. The van der Waals surface area contributed by atoms with Crippen LogP contribution in [0, 0.1) is 12.8 Å². The fourth-order valence-corrected chi connectivity index (χ4v) is 6.86. The molecule has 0 saturated heterocycles. The molecule has 0 bridgehead atoms. The summed E-state index contributed by atoms with van der Waals surface area (Å²) in [6.45, 7) is 4.74. The lowest BCUT2D eigenvalue weighted by Gasteiger charge is -2.15. The molecule has 2 heterocycles. The summed E-state index contributed by atoms with van der Waals surface area (Å²) in [5, 5.41) is 1.57. The topological polar surface area (TPSA) is 74.1 Å². The van der Waals surface area contributed by atoms with Gasteiger partial charge in [-0.05, 0) is 85.2 Å². The Hall–Kier alpha value is -3.10. The number of pyridine rings is 1. The lowest BCUT2D eigenvalue weighted by molar-refractivity contribution is 0.298. The van der Waals surface area contributed by atoms with E-state index in [1.807, 2.05) is 73.5 Å². The number of sulfone groups is 1. The van der Waals surface area contributed by atoms with Gasteiger partial charge >= 0.3 is 0 Å². The predicted molar refractivity (Wildman–Crippen MR) is 148 cm³/mol. The highest BCUT2D eigenvalue weighted by molar-refractivity contribution is 7.99. The van der Waals surface area contributed by atoms with Crippen LogP contribution in [0.15, 0.2) is 83.2 Å². The second-order valence-electron chi connectivity index (χ2n) is 9.80. The Morgan fingerprint density at radius 1 is 1.08 bits per heavy atom. The summed E-state index contributed by atoms with van der Waals surface area (Å²) in [4.78, 5) is 9.40. The van der Waals surface area contributed by atoms with E-state index >= 15 is 0 Å². The third kappa shape index (κ3) is 5.91. The molecule has 1 aliphatic rings. The molecule has 0 radical (unpaired) electrons. The summed E-state index contributed by atoms with van der Waals surface area (Å²) in [5.74, 6) is 1.54. The van der Waals surface area contributed by atoms with Crippen molar-refractivity contribution in [1.29, 1.82) is 0 Å². The van der Waals surface area contributed by atoms with Crippen LogP contribution in [0.1, 0.15) is 37.4 Å².